The molecule has 7 nitrogen and oxygen atoms in total. The molecule has 0 saturated heterocycles. The summed E-state index contributed by atoms with van der Waals surface area (Å²) in [7, 11) is -1.76. The SMILES string of the molecule is Cn1cc(CNS(=O)(=O)c2ccc(NN)cc2)cn1. The first-order valence-electron chi connectivity index (χ1n) is 5.55. The first-order valence-corrected chi connectivity index (χ1v) is 7.03. The summed E-state index contributed by atoms with van der Waals surface area (Å²) in [4.78, 5) is 0.190. The molecule has 102 valence electrons. The van der Waals surface area contributed by atoms with Crippen LogP contribution in [0.5, 0.6) is 0 Å². The maximum atomic E-state index is 12.0. The number of hydrazine groups is 1. The molecule has 2 aromatic rings. The topological polar surface area (TPSA) is 102 Å². The molecule has 0 spiro atoms. The number of nitrogen functional groups attached to an aromatic ring is 1. The Morgan fingerprint density at radius 1 is 1.32 bits per heavy atom. The van der Waals surface area contributed by atoms with Crippen LogP contribution in [0.15, 0.2) is 41.6 Å². The second-order valence-corrected chi connectivity index (χ2v) is 5.78. The molecule has 19 heavy (non-hydrogen) atoms. The van der Waals surface area contributed by atoms with E-state index in [1.807, 2.05) is 0 Å². The fraction of sp³-hybridized carbons (Fsp3) is 0.182. The van der Waals surface area contributed by atoms with Crippen LogP contribution in [0.3, 0.4) is 0 Å². The highest BCUT2D eigenvalue weighted by Crippen LogP contribution is 2.13. The van der Waals surface area contributed by atoms with Gasteiger partial charge in [-0.05, 0) is 24.3 Å². The van der Waals surface area contributed by atoms with Gasteiger partial charge in [-0.25, -0.2) is 13.1 Å². The van der Waals surface area contributed by atoms with Crippen LogP contribution in [0, 0.1) is 0 Å². The zero-order chi connectivity index (χ0) is 13.9. The molecule has 1 aromatic heterocycles. The Kier molecular flexibility index (Phi) is 3.84. The van der Waals surface area contributed by atoms with Crippen molar-refractivity contribution in [2.45, 2.75) is 11.4 Å². The summed E-state index contributed by atoms with van der Waals surface area (Å²) < 4.78 is 28.2. The Labute approximate surface area is 111 Å². The molecule has 2 rings (SSSR count). The monoisotopic (exact) mass is 281 g/mol. The lowest BCUT2D eigenvalue weighted by atomic mass is 10.3. The van der Waals surface area contributed by atoms with Crippen molar-refractivity contribution >= 4 is 15.7 Å². The molecule has 0 saturated carbocycles. The van der Waals surface area contributed by atoms with Gasteiger partial charge in [-0.1, -0.05) is 0 Å². The average Bonchev–Trinajstić information content (AvgIpc) is 2.82. The van der Waals surface area contributed by atoms with Crippen LogP contribution >= 0.6 is 0 Å². The summed E-state index contributed by atoms with van der Waals surface area (Å²) in [6, 6.07) is 6.17. The number of hydrogen-bond acceptors (Lipinski definition) is 5. The van der Waals surface area contributed by atoms with Gasteiger partial charge in [-0.3, -0.25) is 10.5 Å². The molecule has 0 aliphatic rings. The summed E-state index contributed by atoms with van der Waals surface area (Å²) in [6.45, 7) is 0.201. The van der Waals surface area contributed by atoms with Crippen LogP contribution in [0.25, 0.3) is 0 Å². The van der Waals surface area contributed by atoms with Gasteiger partial charge in [-0.15, -0.1) is 0 Å². The van der Waals surface area contributed by atoms with Crippen molar-refractivity contribution in [1.82, 2.24) is 14.5 Å². The quantitative estimate of drug-likeness (QED) is 0.536. The van der Waals surface area contributed by atoms with Gasteiger partial charge < -0.3 is 5.43 Å². The second kappa shape index (κ2) is 5.39. The predicted molar refractivity (Wildman–Crippen MR) is 71.5 cm³/mol. The van der Waals surface area contributed by atoms with Crippen molar-refractivity contribution in [1.29, 1.82) is 0 Å². The number of aromatic nitrogens is 2. The lowest BCUT2D eigenvalue weighted by Gasteiger charge is -2.06. The Morgan fingerprint density at radius 2 is 2.00 bits per heavy atom. The van der Waals surface area contributed by atoms with Crippen LogP contribution in [0.4, 0.5) is 5.69 Å². The van der Waals surface area contributed by atoms with Gasteiger partial charge >= 0.3 is 0 Å². The zero-order valence-corrected chi connectivity index (χ0v) is 11.2. The molecule has 1 heterocycles. The summed E-state index contributed by atoms with van der Waals surface area (Å²) >= 11 is 0. The minimum absolute atomic E-state index is 0.190. The molecule has 1 aromatic carbocycles. The zero-order valence-electron chi connectivity index (χ0n) is 10.4. The smallest absolute Gasteiger partial charge is 0.240 e. The number of nitrogens with one attached hydrogen (secondary N) is 2. The van der Waals surface area contributed by atoms with Crippen molar-refractivity contribution in [2.75, 3.05) is 5.43 Å². The number of nitrogens with zero attached hydrogens (tertiary/aromatic N) is 2. The van der Waals surface area contributed by atoms with Gasteiger partial charge in [0.15, 0.2) is 0 Å². The van der Waals surface area contributed by atoms with E-state index in [2.05, 4.69) is 15.2 Å². The Morgan fingerprint density at radius 3 is 2.53 bits per heavy atom. The van der Waals surface area contributed by atoms with Crippen LogP contribution in [-0.2, 0) is 23.6 Å². The van der Waals surface area contributed by atoms with Gasteiger partial charge in [0.1, 0.15) is 0 Å². The van der Waals surface area contributed by atoms with Gasteiger partial charge in [0.05, 0.1) is 11.1 Å². The molecule has 0 atom stereocenters. The van der Waals surface area contributed by atoms with E-state index < -0.39 is 10.0 Å². The molecule has 0 bridgehead atoms. The second-order valence-electron chi connectivity index (χ2n) is 4.02. The molecule has 0 radical (unpaired) electrons. The molecule has 0 amide bonds. The minimum Gasteiger partial charge on any atom is -0.324 e. The number of benzene rings is 1. The molecular formula is C11H15N5O2S. The normalized spacial score (nSPS) is 11.5. The van der Waals surface area contributed by atoms with Gasteiger partial charge in [-0.2, -0.15) is 5.10 Å². The minimum atomic E-state index is -3.53. The highest BCUT2D eigenvalue weighted by Gasteiger charge is 2.13. The highest BCUT2D eigenvalue weighted by molar-refractivity contribution is 7.89. The number of anilines is 1. The molecular weight excluding hydrogens is 266 g/mol. The fourth-order valence-corrected chi connectivity index (χ4v) is 2.57. The van der Waals surface area contributed by atoms with Crippen molar-refractivity contribution in [3.05, 3.63) is 42.2 Å². The summed E-state index contributed by atoms with van der Waals surface area (Å²) in [5.41, 5.74) is 3.88. The first kappa shape index (κ1) is 13.5. The number of sulfonamides is 1. The molecule has 0 unspecified atom stereocenters. The summed E-state index contributed by atoms with van der Waals surface area (Å²) in [5, 5.41) is 3.97. The van der Waals surface area contributed by atoms with Crippen molar-refractivity contribution in [3.63, 3.8) is 0 Å². The van der Waals surface area contributed by atoms with Crippen LogP contribution < -0.4 is 16.0 Å². The molecule has 0 aliphatic heterocycles. The molecule has 8 heteroatoms. The van der Waals surface area contributed by atoms with Gasteiger partial charge in [0.25, 0.3) is 0 Å². The lowest BCUT2D eigenvalue weighted by Crippen LogP contribution is -2.23. The third kappa shape index (κ3) is 3.31. The maximum absolute atomic E-state index is 12.0. The Hall–Kier alpha value is -1.90. The van der Waals surface area contributed by atoms with Crippen molar-refractivity contribution < 1.29 is 8.42 Å². The van der Waals surface area contributed by atoms with Crippen LogP contribution in [-0.4, -0.2) is 18.2 Å². The third-order valence-electron chi connectivity index (χ3n) is 2.56. The van der Waals surface area contributed by atoms with E-state index in [1.165, 1.54) is 12.1 Å². The Bertz CT molecular complexity index is 648. The predicted octanol–water partition coefficient (Wildman–Crippen LogP) is 0.184. The van der Waals surface area contributed by atoms with E-state index >= 15 is 0 Å². The van der Waals surface area contributed by atoms with E-state index in [4.69, 9.17) is 5.84 Å². The largest absolute Gasteiger partial charge is 0.324 e. The fourth-order valence-electron chi connectivity index (χ4n) is 1.56. The van der Waals surface area contributed by atoms with Crippen molar-refractivity contribution in [3.8, 4) is 0 Å². The highest BCUT2D eigenvalue weighted by atomic mass is 32.2. The first-order chi connectivity index (χ1) is 9.01. The summed E-state index contributed by atoms with van der Waals surface area (Å²) in [6.07, 6.45) is 3.37. The standard InChI is InChI=1S/C11H15N5O2S/c1-16-8-9(6-13-16)7-14-19(17,18)11-4-2-10(15-12)3-5-11/h2-6,8,14-15H,7,12H2,1H3. The maximum Gasteiger partial charge on any atom is 0.240 e. The molecule has 4 N–H and O–H groups in total. The average molecular weight is 281 g/mol. The lowest BCUT2D eigenvalue weighted by molar-refractivity contribution is 0.581. The van der Waals surface area contributed by atoms with E-state index in [9.17, 15) is 8.42 Å². The summed E-state index contributed by atoms with van der Waals surface area (Å²) in [5.74, 6) is 5.22. The van der Waals surface area contributed by atoms with Crippen LogP contribution in [0.2, 0.25) is 0 Å². The number of nitrogens with two attached hydrogens (primary N) is 1. The van der Waals surface area contributed by atoms with Gasteiger partial charge in [0.2, 0.25) is 10.0 Å². The number of hydrogen-bond donors (Lipinski definition) is 3. The van der Waals surface area contributed by atoms with E-state index in [0.717, 1.165) is 5.56 Å². The van der Waals surface area contributed by atoms with Crippen molar-refractivity contribution in [2.24, 2.45) is 12.9 Å². The van der Waals surface area contributed by atoms with E-state index in [0.29, 0.717) is 5.69 Å². The third-order valence-corrected chi connectivity index (χ3v) is 3.97. The van der Waals surface area contributed by atoms with E-state index in [1.54, 1.807) is 36.3 Å². The van der Waals surface area contributed by atoms with Gasteiger partial charge in [0, 0.05) is 31.0 Å². The molecule has 0 fully saturated rings. The van der Waals surface area contributed by atoms with E-state index in [-0.39, 0.29) is 11.4 Å². The Balaban J connectivity index is 2.09. The molecule has 0 aliphatic carbocycles. The number of aryl methyl sites for hydroxylation is 1. The number of rotatable bonds is 5. The van der Waals surface area contributed by atoms with Crippen LogP contribution in [0.1, 0.15) is 5.56 Å².